The van der Waals surface area contributed by atoms with Crippen molar-refractivity contribution in [2.24, 2.45) is 7.05 Å². The standard InChI is InChI=1S/C15H15N3O/c1-11-9-12-6-8-18(2)14(12)17-15(11)19-10-13-5-3-4-7-16-13/h3-9H,10H2,1-2H3. The van der Waals surface area contributed by atoms with Gasteiger partial charge in [0, 0.05) is 30.4 Å². The fourth-order valence-corrected chi connectivity index (χ4v) is 2.05. The monoisotopic (exact) mass is 253 g/mol. The summed E-state index contributed by atoms with van der Waals surface area (Å²) in [5.74, 6) is 0.667. The van der Waals surface area contributed by atoms with Crippen LogP contribution < -0.4 is 4.74 Å². The van der Waals surface area contributed by atoms with E-state index < -0.39 is 0 Å². The van der Waals surface area contributed by atoms with E-state index in [-0.39, 0.29) is 0 Å². The highest BCUT2D eigenvalue weighted by atomic mass is 16.5. The zero-order valence-corrected chi connectivity index (χ0v) is 11.0. The van der Waals surface area contributed by atoms with Crippen molar-refractivity contribution in [3.05, 3.63) is 54.0 Å². The van der Waals surface area contributed by atoms with Crippen LogP contribution >= 0.6 is 0 Å². The van der Waals surface area contributed by atoms with Gasteiger partial charge < -0.3 is 9.30 Å². The third kappa shape index (κ3) is 2.29. The van der Waals surface area contributed by atoms with Crippen molar-refractivity contribution in [3.63, 3.8) is 0 Å². The van der Waals surface area contributed by atoms with Crippen molar-refractivity contribution in [2.75, 3.05) is 0 Å². The maximum absolute atomic E-state index is 5.77. The van der Waals surface area contributed by atoms with Crippen LogP contribution in [-0.4, -0.2) is 14.5 Å². The zero-order chi connectivity index (χ0) is 13.2. The summed E-state index contributed by atoms with van der Waals surface area (Å²) in [4.78, 5) is 8.80. The van der Waals surface area contributed by atoms with Gasteiger partial charge in [0.2, 0.25) is 5.88 Å². The summed E-state index contributed by atoms with van der Waals surface area (Å²) in [6.45, 7) is 2.44. The van der Waals surface area contributed by atoms with Crippen LogP contribution in [0.3, 0.4) is 0 Å². The second-order valence-electron chi connectivity index (χ2n) is 4.56. The third-order valence-electron chi connectivity index (χ3n) is 3.07. The van der Waals surface area contributed by atoms with E-state index in [2.05, 4.69) is 22.1 Å². The normalized spacial score (nSPS) is 10.8. The molecule has 0 aliphatic rings. The Morgan fingerprint density at radius 3 is 2.95 bits per heavy atom. The summed E-state index contributed by atoms with van der Waals surface area (Å²) in [7, 11) is 1.98. The smallest absolute Gasteiger partial charge is 0.218 e. The molecule has 96 valence electrons. The molecular formula is C15H15N3O. The van der Waals surface area contributed by atoms with E-state index in [1.807, 2.05) is 42.9 Å². The molecule has 3 rings (SSSR count). The first kappa shape index (κ1) is 11.7. The topological polar surface area (TPSA) is 39.9 Å². The molecule has 0 aliphatic heterocycles. The van der Waals surface area contributed by atoms with Gasteiger partial charge in [-0.1, -0.05) is 6.07 Å². The van der Waals surface area contributed by atoms with Gasteiger partial charge in [-0.15, -0.1) is 0 Å². The first-order valence-electron chi connectivity index (χ1n) is 6.19. The maximum atomic E-state index is 5.77. The Labute approximate surface area is 111 Å². The third-order valence-corrected chi connectivity index (χ3v) is 3.07. The molecule has 0 aromatic carbocycles. The lowest BCUT2D eigenvalue weighted by Crippen LogP contribution is -2.01. The molecule has 3 aromatic rings. The predicted octanol–water partition coefficient (Wildman–Crippen LogP) is 2.86. The predicted molar refractivity (Wildman–Crippen MR) is 74.0 cm³/mol. The Bertz CT molecular complexity index is 704. The lowest BCUT2D eigenvalue weighted by Gasteiger charge is -2.08. The van der Waals surface area contributed by atoms with Gasteiger partial charge in [-0.3, -0.25) is 4.98 Å². The number of fused-ring (bicyclic) bond motifs is 1. The fraction of sp³-hybridized carbons (Fsp3) is 0.200. The maximum Gasteiger partial charge on any atom is 0.218 e. The second-order valence-corrected chi connectivity index (χ2v) is 4.56. The molecule has 0 spiro atoms. The second kappa shape index (κ2) is 4.72. The van der Waals surface area contributed by atoms with Crippen LogP contribution in [0.25, 0.3) is 11.0 Å². The molecule has 0 radical (unpaired) electrons. The molecule has 0 saturated carbocycles. The number of ether oxygens (including phenoxy) is 1. The summed E-state index contributed by atoms with van der Waals surface area (Å²) >= 11 is 0. The van der Waals surface area contributed by atoms with Gasteiger partial charge in [-0.25, -0.2) is 0 Å². The molecule has 3 heterocycles. The number of aryl methyl sites for hydroxylation is 2. The van der Waals surface area contributed by atoms with Crippen molar-refractivity contribution in [2.45, 2.75) is 13.5 Å². The van der Waals surface area contributed by atoms with Gasteiger partial charge in [0.05, 0.1) is 5.69 Å². The summed E-state index contributed by atoms with van der Waals surface area (Å²) < 4.78 is 7.76. The van der Waals surface area contributed by atoms with Crippen LogP contribution in [0.15, 0.2) is 42.7 Å². The largest absolute Gasteiger partial charge is 0.471 e. The lowest BCUT2D eigenvalue weighted by atomic mass is 10.2. The quantitative estimate of drug-likeness (QED) is 0.720. The highest BCUT2D eigenvalue weighted by Gasteiger charge is 2.07. The summed E-state index contributed by atoms with van der Waals surface area (Å²) in [5.41, 5.74) is 2.87. The molecule has 0 N–H and O–H groups in total. The van der Waals surface area contributed by atoms with Gasteiger partial charge in [0.1, 0.15) is 12.3 Å². The molecule has 0 aliphatic carbocycles. The SMILES string of the molecule is Cc1cc2ccn(C)c2nc1OCc1ccccn1. The van der Waals surface area contributed by atoms with E-state index in [1.54, 1.807) is 6.20 Å². The van der Waals surface area contributed by atoms with Crippen LogP contribution in [0.2, 0.25) is 0 Å². The molecule has 0 bridgehead atoms. The summed E-state index contributed by atoms with van der Waals surface area (Å²) in [5, 5.41) is 1.13. The van der Waals surface area contributed by atoms with Gasteiger partial charge >= 0.3 is 0 Å². The van der Waals surface area contributed by atoms with Crippen molar-refractivity contribution >= 4 is 11.0 Å². The Morgan fingerprint density at radius 1 is 1.26 bits per heavy atom. The molecule has 19 heavy (non-hydrogen) atoms. The van der Waals surface area contributed by atoms with Crippen molar-refractivity contribution < 1.29 is 4.74 Å². The fourth-order valence-electron chi connectivity index (χ4n) is 2.05. The van der Waals surface area contributed by atoms with Gasteiger partial charge in [0.15, 0.2) is 0 Å². The van der Waals surface area contributed by atoms with Crippen LogP contribution in [-0.2, 0) is 13.7 Å². The Balaban J connectivity index is 1.88. The van der Waals surface area contributed by atoms with Gasteiger partial charge in [-0.2, -0.15) is 4.98 Å². The minimum absolute atomic E-state index is 0.435. The van der Waals surface area contributed by atoms with Crippen molar-refractivity contribution in [1.82, 2.24) is 14.5 Å². The van der Waals surface area contributed by atoms with E-state index in [0.29, 0.717) is 12.5 Å². The average molecular weight is 253 g/mol. The number of nitrogens with zero attached hydrogens (tertiary/aromatic N) is 3. The Kier molecular flexibility index (Phi) is 2.91. The first-order valence-corrected chi connectivity index (χ1v) is 6.19. The number of hydrogen-bond acceptors (Lipinski definition) is 3. The van der Waals surface area contributed by atoms with Crippen LogP contribution in [0.5, 0.6) is 5.88 Å². The van der Waals surface area contributed by atoms with Crippen molar-refractivity contribution in [3.8, 4) is 5.88 Å². The van der Waals surface area contributed by atoms with Crippen LogP contribution in [0.4, 0.5) is 0 Å². The molecule has 4 nitrogen and oxygen atoms in total. The van der Waals surface area contributed by atoms with E-state index >= 15 is 0 Å². The Morgan fingerprint density at radius 2 is 2.16 bits per heavy atom. The lowest BCUT2D eigenvalue weighted by molar-refractivity contribution is 0.288. The van der Waals surface area contributed by atoms with Crippen molar-refractivity contribution in [1.29, 1.82) is 0 Å². The summed E-state index contributed by atoms with van der Waals surface area (Å²) in [6.07, 6.45) is 3.76. The molecule has 0 unspecified atom stereocenters. The minimum Gasteiger partial charge on any atom is -0.471 e. The number of aromatic nitrogens is 3. The van der Waals surface area contributed by atoms with Gasteiger partial charge in [-0.05, 0) is 31.2 Å². The molecule has 3 aromatic heterocycles. The molecule has 4 heteroatoms. The van der Waals surface area contributed by atoms with Crippen LogP contribution in [0, 0.1) is 6.92 Å². The number of hydrogen-bond donors (Lipinski definition) is 0. The number of pyridine rings is 2. The average Bonchev–Trinajstić information content (AvgIpc) is 2.78. The first-order chi connectivity index (χ1) is 9.24. The minimum atomic E-state index is 0.435. The number of rotatable bonds is 3. The highest BCUT2D eigenvalue weighted by molar-refractivity contribution is 5.77. The molecular weight excluding hydrogens is 238 g/mol. The van der Waals surface area contributed by atoms with E-state index in [9.17, 15) is 0 Å². The Hall–Kier alpha value is -2.36. The van der Waals surface area contributed by atoms with Gasteiger partial charge in [0.25, 0.3) is 0 Å². The zero-order valence-electron chi connectivity index (χ0n) is 11.0. The summed E-state index contributed by atoms with van der Waals surface area (Å²) in [6, 6.07) is 9.93. The molecule has 0 amide bonds. The van der Waals surface area contributed by atoms with E-state index in [1.165, 1.54) is 0 Å². The molecule has 0 atom stereocenters. The van der Waals surface area contributed by atoms with E-state index in [0.717, 1.165) is 22.3 Å². The molecule has 0 fully saturated rings. The van der Waals surface area contributed by atoms with E-state index in [4.69, 9.17) is 4.74 Å². The van der Waals surface area contributed by atoms with Crippen LogP contribution in [0.1, 0.15) is 11.3 Å². The highest BCUT2D eigenvalue weighted by Crippen LogP contribution is 2.22. The molecule has 0 saturated heterocycles.